The Bertz CT molecular complexity index is 155. The van der Waals surface area contributed by atoms with Crippen LogP contribution >= 0.6 is 0 Å². The van der Waals surface area contributed by atoms with Crippen LogP contribution in [0.4, 0.5) is 0 Å². The van der Waals surface area contributed by atoms with Crippen molar-refractivity contribution in [2.75, 3.05) is 0 Å². The number of aliphatic carboxylic acids is 1. The Hall–Kier alpha value is 0.470. The first kappa shape index (κ1) is 15.9. The predicted octanol–water partition coefficient (Wildman–Crippen LogP) is -1.41. The van der Waals surface area contributed by atoms with Crippen LogP contribution in [0.15, 0.2) is 0 Å². The van der Waals surface area contributed by atoms with Crippen molar-refractivity contribution in [2.24, 2.45) is 11.3 Å². The van der Waals surface area contributed by atoms with Crippen LogP contribution in [-0.4, -0.2) is 5.97 Å². The molecule has 0 amide bonds. The number of carbonyl (C=O) groups excluding carboxylic acids is 1. The van der Waals surface area contributed by atoms with Gasteiger partial charge in [-0.25, -0.2) is 0 Å². The summed E-state index contributed by atoms with van der Waals surface area (Å²) in [6, 6.07) is 0. The molecule has 0 spiro atoms. The van der Waals surface area contributed by atoms with Crippen LogP contribution in [0.2, 0.25) is 0 Å². The van der Waals surface area contributed by atoms with Gasteiger partial charge in [0.25, 0.3) is 0 Å². The van der Waals surface area contributed by atoms with Crippen LogP contribution < -0.4 is 34.7 Å². The summed E-state index contributed by atoms with van der Waals surface area (Å²) in [7, 11) is 0. The number of rotatable bonds is 5. The predicted molar refractivity (Wildman–Crippen MR) is 47.5 cm³/mol. The fourth-order valence-electron chi connectivity index (χ4n) is 1.07. The van der Waals surface area contributed by atoms with Crippen LogP contribution in [0.5, 0.6) is 0 Å². The molecule has 0 N–H and O–H groups in total. The molecule has 0 radical (unpaired) electrons. The number of carbonyl (C=O) groups is 1. The summed E-state index contributed by atoms with van der Waals surface area (Å²) in [5.41, 5.74) is -0.685. The molecular formula is C10H19NaO2. The first-order valence-corrected chi connectivity index (χ1v) is 4.64. The molecule has 1 unspecified atom stereocenters. The van der Waals surface area contributed by atoms with Crippen LogP contribution in [-0.2, 0) is 4.79 Å². The molecule has 0 saturated carbocycles. The molecule has 0 fully saturated rings. The summed E-state index contributed by atoms with van der Waals surface area (Å²) in [5.74, 6) is -0.742. The molecule has 0 heterocycles. The van der Waals surface area contributed by atoms with Crippen molar-refractivity contribution < 1.29 is 39.5 Å². The van der Waals surface area contributed by atoms with E-state index in [2.05, 4.69) is 6.92 Å². The molecule has 13 heavy (non-hydrogen) atoms. The van der Waals surface area contributed by atoms with Crippen molar-refractivity contribution in [1.82, 2.24) is 0 Å². The molecule has 0 aromatic rings. The average Bonchev–Trinajstić information content (AvgIpc) is 1.99. The van der Waals surface area contributed by atoms with E-state index in [1.165, 1.54) is 0 Å². The summed E-state index contributed by atoms with van der Waals surface area (Å²) < 4.78 is 0. The summed E-state index contributed by atoms with van der Waals surface area (Å²) in [6.45, 7) is 7.56. The van der Waals surface area contributed by atoms with E-state index in [1.54, 1.807) is 13.8 Å². The number of carboxylic acids is 1. The first-order valence-electron chi connectivity index (χ1n) is 4.64. The molecule has 1 atom stereocenters. The Morgan fingerprint density at radius 2 is 1.92 bits per heavy atom. The van der Waals surface area contributed by atoms with E-state index in [1.807, 2.05) is 6.92 Å². The van der Waals surface area contributed by atoms with Gasteiger partial charge in [-0.1, -0.05) is 40.5 Å². The monoisotopic (exact) mass is 194 g/mol. The Morgan fingerprint density at radius 3 is 2.23 bits per heavy atom. The van der Waals surface area contributed by atoms with E-state index < -0.39 is 11.4 Å². The fourth-order valence-corrected chi connectivity index (χ4v) is 1.07. The largest absolute Gasteiger partial charge is 1.00 e. The molecule has 0 rings (SSSR count). The van der Waals surface area contributed by atoms with Gasteiger partial charge < -0.3 is 9.90 Å². The zero-order chi connectivity index (χ0) is 9.78. The molecule has 0 aliphatic carbocycles. The topological polar surface area (TPSA) is 40.1 Å². The number of unbranched alkanes of at least 4 members (excludes halogenated alkanes) is 1. The number of hydrogen-bond acceptors (Lipinski definition) is 2. The van der Waals surface area contributed by atoms with E-state index in [4.69, 9.17) is 0 Å². The normalized spacial score (nSPS) is 13.2. The maximum absolute atomic E-state index is 10.7. The molecule has 3 heteroatoms. The Labute approximate surface area is 103 Å². The zero-order valence-corrected chi connectivity index (χ0v) is 11.5. The standard InChI is InChI=1S/C10H20O2.Na/c1-5-6-7-8(2)10(3,4)9(11)12;/h8H,5-7H2,1-4H3,(H,11,12);/q;+1/p-1. The third-order valence-corrected chi connectivity index (χ3v) is 2.75. The van der Waals surface area contributed by atoms with Gasteiger partial charge in [0.15, 0.2) is 0 Å². The molecule has 0 aliphatic rings. The van der Waals surface area contributed by atoms with E-state index in [0.717, 1.165) is 19.3 Å². The van der Waals surface area contributed by atoms with Crippen molar-refractivity contribution in [1.29, 1.82) is 0 Å². The number of carboxylic acid groups (broad SMARTS) is 1. The van der Waals surface area contributed by atoms with Crippen LogP contribution in [0.1, 0.15) is 47.0 Å². The molecule has 0 aromatic heterocycles. The van der Waals surface area contributed by atoms with Crippen molar-refractivity contribution >= 4 is 5.97 Å². The molecule has 0 aliphatic heterocycles. The van der Waals surface area contributed by atoms with Gasteiger partial charge in [-0.15, -0.1) is 0 Å². The minimum Gasteiger partial charge on any atom is -0.550 e. The molecule has 0 bridgehead atoms. The van der Waals surface area contributed by atoms with Gasteiger partial charge in [0.2, 0.25) is 0 Å². The Balaban J connectivity index is 0. The van der Waals surface area contributed by atoms with E-state index in [-0.39, 0.29) is 35.5 Å². The molecule has 72 valence electrons. The third-order valence-electron chi connectivity index (χ3n) is 2.75. The summed E-state index contributed by atoms with van der Waals surface area (Å²) in [6.07, 6.45) is 3.18. The first-order chi connectivity index (χ1) is 5.42. The van der Waals surface area contributed by atoms with Crippen molar-refractivity contribution in [2.45, 2.75) is 47.0 Å². The maximum Gasteiger partial charge on any atom is 1.00 e. The second-order valence-corrected chi connectivity index (χ2v) is 4.05. The number of hydrogen-bond donors (Lipinski definition) is 0. The van der Waals surface area contributed by atoms with Gasteiger partial charge >= 0.3 is 29.6 Å². The van der Waals surface area contributed by atoms with Gasteiger partial charge in [0.1, 0.15) is 0 Å². The van der Waals surface area contributed by atoms with E-state index in [9.17, 15) is 9.90 Å². The minimum atomic E-state index is -0.939. The van der Waals surface area contributed by atoms with Crippen molar-refractivity contribution in [3.05, 3.63) is 0 Å². The molecule has 0 saturated heterocycles. The fraction of sp³-hybridized carbons (Fsp3) is 0.900. The Morgan fingerprint density at radius 1 is 1.46 bits per heavy atom. The van der Waals surface area contributed by atoms with Gasteiger partial charge in [0.05, 0.1) is 0 Å². The Kier molecular flexibility index (Phi) is 8.40. The summed E-state index contributed by atoms with van der Waals surface area (Å²) in [5, 5.41) is 10.7. The second kappa shape index (κ2) is 6.86. The quantitative estimate of drug-likeness (QED) is 0.505. The van der Waals surface area contributed by atoms with Crippen molar-refractivity contribution in [3.8, 4) is 0 Å². The van der Waals surface area contributed by atoms with Gasteiger partial charge in [-0.05, 0) is 12.3 Å². The van der Waals surface area contributed by atoms with Crippen molar-refractivity contribution in [3.63, 3.8) is 0 Å². The molecule has 0 aromatic carbocycles. The minimum absolute atomic E-state index is 0. The van der Waals surface area contributed by atoms with Crippen LogP contribution in [0.3, 0.4) is 0 Å². The second-order valence-electron chi connectivity index (χ2n) is 4.05. The summed E-state index contributed by atoms with van der Waals surface area (Å²) >= 11 is 0. The molecular weight excluding hydrogens is 175 g/mol. The molecule has 2 nitrogen and oxygen atoms in total. The van der Waals surface area contributed by atoms with Crippen LogP contribution in [0.25, 0.3) is 0 Å². The van der Waals surface area contributed by atoms with Gasteiger partial charge in [-0.3, -0.25) is 0 Å². The van der Waals surface area contributed by atoms with Gasteiger partial charge in [-0.2, -0.15) is 0 Å². The summed E-state index contributed by atoms with van der Waals surface area (Å²) in [4.78, 5) is 10.7. The SMILES string of the molecule is CCCCC(C)C(C)(C)C(=O)[O-].[Na+]. The zero-order valence-electron chi connectivity index (χ0n) is 9.52. The average molecular weight is 194 g/mol. The van der Waals surface area contributed by atoms with Crippen LogP contribution in [0, 0.1) is 11.3 Å². The van der Waals surface area contributed by atoms with Gasteiger partial charge in [0, 0.05) is 11.4 Å². The smallest absolute Gasteiger partial charge is 0.550 e. The van der Waals surface area contributed by atoms with E-state index in [0.29, 0.717) is 0 Å². The maximum atomic E-state index is 10.7. The third kappa shape index (κ3) is 5.04. The van der Waals surface area contributed by atoms with E-state index >= 15 is 0 Å².